The lowest BCUT2D eigenvalue weighted by Gasteiger charge is -2.23. The Morgan fingerprint density at radius 1 is 1.21 bits per heavy atom. The van der Waals surface area contributed by atoms with Crippen LogP contribution in [-0.2, 0) is 13.0 Å². The van der Waals surface area contributed by atoms with E-state index in [0.717, 1.165) is 31.6 Å². The molecule has 1 N–H and O–H groups in total. The summed E-state index contributed by atoms with van der Waals surface area (Å²) < 4.78 is 0. The van der Waals surface area contributed by atoms with Crippen LogP contribution < -0.4 is 10.2 Å². The Balaban J connectivity index is 1.78. The summed E-state index contributed by atoms with van der Waals surface area (Å²) in [5.74, 6) is 1.19. The Morgan fingerprint density at radius 3 is 2.58 bits per heavy atom. The molecule has 0 amide bonds. The molecule has 0 unspecified atom stereocenters. The molecule has 1 heterocycles. The molecule has 0 saturated heterocycles. The molecular formula is C16H25N3. The van der Waals surface area contributed by atoms with E-state index >= 15 is 0 Å². The number of nitrogens with one attached hydrogen (secondary N) is 1. The highest BCUT2D eigenvalue weighted by atomic mass is 15.2. The van der Waals surface area contributed by atoms with Crippen molar-refractivity contribution in [1.29, 1.82) is 0 Å². The lowest BCUT2D eigenvalue weighted by Crippen LogP contribution is -2.26. The minimum atomic E-state index is 0.744. The second kappa shape index (κ2) is 5.49. The van der Waals surface area contributed by atoms with Gasteiger partial charge in [-0.1, -0.05) is 6.92 Å². The van der Waals surface area contributed by atoms with Gasteiger partial charge in [0, 0.05) is 30.9 Å². The van der Waals surface area contributed by atoms with Crippen molar-refractivity contribution in [1.82, 2.24) is 10.3 Å². The summed E-state index contributed by atoms with van der Waals surface area (Å²) in [6.45, 7) is 6.49. The van der Waals surface area contributed by atoms with Crippen LogP contribution in [-0.4, -0.2) is 23.6 Å². The van der Waals surface area contributed by atoms with Gasteiger partial charge in [-0.25, -0.2) is 4.98 Å². The molecule has 0 aromatic carbocycles. The van der Waals surface area contributed by atoms with E-state index in [0.29, 0.717) is 0 Å². The highest BCUT2D eigenvalue weighted by Gasteiger charge is 2.29. The number of anilines is 1. The number of hydrogen-bond donors (Lipinski definition) is 1. The zero-order chi connectivity index (χ0) is 13.2. The van der Waals surface area contributed by atoms with Gasteiger partial charge in [0.1, 0.15) is 5.82 Å². The third-order valence-corrected chi connectivity index (χ3v) is 4.08. The van der Waals surface area contributed by atoms with Crippen LogP contribution in [0.4, 0.5) is 5.82 Å². The molecule has 2 aliphatic carbocycles. The first kappa shape index (κ1) is 12.9. The Kier molecular flexibility index (Phi) is 3.74. The van der Waals surface area contributed by atoms with Crippen molar-refractivity contribution in [2.24, 2.45) is 0 Å². The molecule has 2 saturated carbocycles. The molecule has 1 aromatic rings. The smallest absolute Gasteiger partial charge is 0.129 e. The summed E-state index contributed by atoms with van der Waals surface area (Å²) >= 11 is 0. The maximum Gasteiger partial charge on any atom is 0.129 e. The Hall–Kier alpha value is -1.09. The van der Waals surface area contributed by atoms with Crippen LogP contribution in [0.15, 0.2) is 12.1 Å². The molecular weight excluding hydrogens is 234 g/mol. The SMILES string of the molecule is CCc1cc(CNC2CC2)cc(N(CC)C2CC2)n1. The standard InChI is InChI=1S/C16H25N3/c1-3-13-9-12(11-17-14-5-6-14)10-16(18-13)19(4-2)15-7-8-15/h9-10,14-15,17H,3-8,11H2,1-2H3. The highest BCUT2D eigenvalue weighted by Crippen LogP contribution is 2.31. The highest BCUT2D eigenvalue weighted by molar-refractivity contribution is 5.45. The fourth-order valence-corrected chi connectivity index (χ4v) is 2.61. The molecule has 3 nitrogen and oxygen atoms in total. The number of pyridine rings is 1. The molecule has 3 heteroatoms. The zero-order valence-corrected chi connectivity index (χ0v) is 12.2. The predicted octanol–water partition coefficient (Wildman–Crippen LogP) is 2.88. The summed E-state index contributed by atoms with van der Waals surface area (Å²) in [5, 5.41) is 3.61. The first-order valence-corrected chi connectivity index (χ1v) is 7.80. The van der Waals surface area contributed by atoms with Crippen LogP contribution in [0, 0.1) is 0 Å². The third kappa shape index (κ3) is 3.27. The molecule has 19 heavy (non-hydrogen) atoms. The second-order valence-electron chi connectivity index (χ2n) is 5.85. The minimum absolute atomic E-state index is 0.744. The van der Waals surface area contributed by atoms with E-state index in [1.165, 1.54) is 42.8 Å². The Labute approximate surface area is 116 Å². The van der Waals surface area contributed by atoms with Crippen LogP contribution in [0.5, 0.6) is 0 Å². The summed E-state index contributed by atoms with van der Waals surface area (Å²) in [5.41, 5.74) is 2.62. The molecule has 2 aliphatic rings. The maximum atomic E-state index is 4.83. The van der Waals surface area contributed by atoms with Gasteiger partial charge in [-0.05, 0) is 56.7 Å². The van der Waals surface area contributed by atoms with E-state index in [2.05, 4.69) is 36.2 Å². The van der Waals surface area contributed by atoms with E-state index in [1.807, 2.05) is 0 Å². The molecule has 0 aliphatic heterocycles. The van der Waals surface area contributed by atoms with Gasteiger partial charge in [-0.15, -0.1) is 0 Å². The van der Waals surface area contributed by atoms with Crippen molar-refractivity contribution in [2.45, 2.75) is 64.6 Å². The average Bonchev–Trinajstić information content (AvgIpc) is 3.29. The number of rotatable bonds is 7. The third-order valence-electron chi connectivity index (χ3n) is 4.08. The van der Waals surface area contributed by atoms with Gasteiger partial charge in [-0.3, -0.25) is 0 Å². The summed E-state index contributed by atoms with van der Waals surface area (Å²) in [4.78, 5) is 7.30. The predicted molar refractivity (Wildman–Crippen MR) is 79.5 cm³/mol. The van der Waals surface area contributed by atoms with Crippen molar-refractivity contribution < 1.29 is 0 Å². The van der Waals surface area contributed by atoms with E-state index < -0.39 is 0 Å². The molecule has 0 spiro atoms. The lowest BCUT2D eigenvalue weighted by atomic mass is 10.2. The topological polar surface area (TPSA) is 28.2 Å². The van der Waals surface area contributed by atoms with Crippen molar-refractivity contribution in [3.8, 4) is 0 Å². The largest absolute Gasteiger partial charge is 0.354 e. The number of aryl methyl sites for hydroxylation is 1. The number of aromatic nitrogens is 1. The van der Waals surface area contributed by atoms with E-state index in [9.17, 15) is 0 Å². The fourth-order valence-electron chi connectivity index (χ4n) is 2.61. The van der Waals surface area contributed by atoms with Gasteiger partial charge < -0.3 is 10.2 Å². The van der Waals surface area contributed by atoms with Crippen LogP contribution in [0.1, 0.15) is 50.8 Å². The van der Waals surface area contributed by atoms with Crippen LogP contribution in [0.2, 0.25) is 0 Å². The summed E-state index contributed by atoms with van der Waals surface area (Å²) in [6.07, 6.45) is 6.39. The number of nitrogens with zero attached hydrogens (tertiary/aromatic N) is 2. The van der Waals surface area contributed by atoms with Gasteiger partial charge in [0.2, 0.25) is 0 Å². The fraction of sp³-hybridized carbons (Fsp3) is 0.688. The minimum Gasteiger partial charge on any atom is -0.354 e. The Morgan fingerprint density at radius 2 is 2.00 bits per heavy atom. The van der Waals surface area contributed by atoms with Gasteiger partial charge >= 0.3 is 0 Å². The van der Waals surface area contributed by atoms with Crippen molar-refractivity contribution >= 4 is 5.82 Å². The molecule has 0 bridgehead atoms. The number of hydrogen-bond acceptors (Lipinski definition) is 3. The van der Waals surface area contributed by atoms with E-state index in [-0.39, 0.29) is 0 Å². The second-order valence-corrected chi connectivity index (χ2v) is 5.85. The Bertz CT molecular complexity index is 436. The molecule has 0 atom stereocenters. The monoisotopic (exact) mass is 259 g/mol. The molecule has 3 rings (SSSR count). The van der Waals surface area contributed by atoms with E-state index in [4.69, 9.17) is 4.98 Å². The van der Waals surface area contributed by atoms with Gasteiger partial charge in [0.15, 0.2) is 0 Å². The normalized spacial score (nSPS) is 18.6. The van der Waals surface area contributed by atoms with Crippen LogP contribution >= 0.6 is 0 Å². The molecule has 2 fully saturated rings. The molecule has 104 valence electrons. The van der Waals surface area contributed by atoms with Crippen molar-refractivity contribution in [3.63, 3.8) is 0 Å². The van der Waals surface area contributed by atoms with Gasteiger partial charge in [0.25, 0.3) is 0 Å². The summed E-state index contributed by atoms with van der Waals surface area (Å²) in [6, 6.07) is 6.07. The molecule has 0 radical (unpaired) electrons. The zero-order valence-electron chi connectivity index (χ0n) is 12.2. The van der Waals surface area contributed by atoms with Crippen molar-refractivity contribution in [2.75, 3.05) is 11.4 Å². The van der Waals surface area contributed by atoms with Crippen LogP contribution in [0.25, 0.3) is 0 Å². The maximum absolute atomic E-state index is 4.83. The van der Waals surface area contributed by atoms with Crippen LogP contribution in [0.3, 0.4) is 0 Å². The van der Waals surface area contributed by atoms with Gasteiger partial charge in [0.05, 0.1) is 0 Å². The molecule has 1 aromatic heterocycles. The van der Waals surface area contributed by atoms with E-state index in [1.54, 1.807) is 0 Å². The quantitative estimate of drug-likeness (QED) is 0.816. The summed E-state index contributed by atoms with van der Waals surface area (Å²) in [7, 11) is 0. The first-order chi connectivity index (χ1) is 9.30. The van der Waals surface area contributed by atoms with Crippen molar-refractivity contribution in [3.05, 3.63) is 23.4 Å². The lowest BCUT2D eigenvalue weighted by molar-refractivity contribution is 0.684. The van der Waals surface area contributed by atoms with Gasteiger partial charge in [-0.2, -0.15) is 0 Å². The average molecular weight is 259 g/mol. The first-order valence-electron chi connectivity index (χ1n) is 7.80.